The van der Waals surface area contributed by atoms with Crippen molar-refractivity contribution in [3.05, 3.63) is 30.1 Å². The summed E-state index contributed by atoms with van der Waals surface area (Å²) in [5.41, 5.74) is 0.137. The normalized spacial score (nSPS) is 15.8. The van der Waals surface area contributed by atoms with Gasteiger partial charge in [0.2, 0.25) is 0 Å². The molecule has 0 aromatic carbocycles. The molecule has 1 rings (SSSR count). The molecule has 0 fully saturated rings. The molecule has 0 aliphatic rings. The van der Waals surface area contributed by atoms with Gasteiger partial charge in [0.15, 0.2) is 18.9 Å². The van der Waals surface area contributed by atoms with Gasteiger partial charge in [0.25, 0.3) is 4.67 Å². The summed E-state index contributed by atoms with van der Waals surface area (Å²) in [5, 5.41) is 9.73. The van der Waals surface area contributed by atoms with E-state index in [2.05, 4.69) is 12.6 Å². The molecule has 1 aromatic rings. The molecule has 0 spiro atoms. The third-order valence-electron chi connectivity index (χ3n) is 2.58. The Hall–Kier alpha value is -0.480. The highest BCUT2D eigenvalue weighted by Crippen LogP contribution is 2.53. The Morgan fingerprint density at radius 1 is 1.40 bits per heavy atom. The largest absolute Gasteiger partial charge is 0.375 e. The Balaban J connectivity index is 3.22. The highest BCUT2D eigenvalue weighted by Gasteiger charge is 2.56. The molecule has 0 bridgehead atoms. The van der Waals surface area contributed by atoms with Gasteiger partial charge in [-0.2, -0.15) is 21.0 Å². The molecule has 20 heavy (non-hydrogen) atoms. The summed E-state index contributed by atoms with van der Waals surface area (Å²) in [5.74, 6) is 0.495. The van der Waals surface area contributed by atoms with Crippen LogP contribution >= 0.6 is 20.2 Å². The second kappa shape index (κ2) is 6.10. The minimum atomic E-state index is -5.51. The van der Waals surface area contributed by atoms with Gasteiger partial charge in [-0.05, 0) is 6.07 Å². The van der Waals surface area contributed by atoms with Crippen LogP contribution in [0.4, 0.5) is 0 Å². The lowest BCUT2D eigenvalue weighted by atomic mass is 10.2. The van der Waals surface area contributed by atoms with Crippen LogP contribution in [0.15, 0.2) is 24.5 Å². The van der Waals surface area contributed by atoms with Gasteiger partial charge in [-0.3, -0.25) is 9.12 Å². The zero-order valence-electron chi connectivity index (χ0n) is 10.2. The fourth-order valence-corrected chi connectivity index (χ4v) is 3.72. The van der Waals surface area contributed by atoms with E-state index in [0.717, 1.165) is 0 Å². The van der Waals surface area contributed by atoms with E-state index in [9.17, 15) is 18.1 Å². The van der Waals surface area contributed by atoms with Gasteiger partial charge in [-0.15, -0.1) is 0 Å². The highest BCUT2D eigenvalue weighted by atomic mass is 32.2. The lowest BCUT2D eigenvalue weighted by Crippen LogP contribution is -2.41. The summed E-state index contributed by atoms with van der Waals surface area (Å²) < 4.78 is 40.4. The third kappa shape index (κ3) is 3.79. The first-order valence-electron chi connectivity index (χ1n) is 5.35. The first kappa shape index (κ1) is 17.6. The Bertz CT molecular complexity index is 629. The van der Waals surface area contributed by atoms with Crippen molar-refractivity contribution in [2.45, 2.75) is 17.6 Å². The molecule has 4 N–H and O–H groups in total. The van der Waals surface area contributed by atoms with E-state index in [1.54, 1.807) is 10.8 Å². The molecule has 0 aliphatic heterocycles. The average Bonchev–Trinajstić information content (AvgIpc) is 2.26. The fraction of sp³-hybridized carbons (Fsp3) is 0.444. The molecule has 0 amide bonds. The Labute approximate surface area is 121 Å². The van der Waals surface area contributed by atoms with Crippen LogP contribution in [-0.2, 0) is 27.6 Å². The fourth-order valence-electron chi connectivity index (χ4n) is 1.55. The maximum absolute atomic E-state index is 11.2. The first-order chi connectivity index (χ1) is 9.01. The van der Waals surface area contributed by atoms with Crippen LogP contribution in [0.1, 0.15) is 5.56 Å². The topological polar surface area (TPSA) is 136 Å². The van der Waals surface area contributed by atoms with Crippen molar-refractivity contribution in [2.24, 2.45) is 0 Å². The molecule has 1 unspecified atom stereocenters. The molecule has 1 heterocycles. The van der Waals surface area contributed by atoms with Crippen molar-refractivity contribution < 1.29 is 37.0 Å². The second-order valence-electron chi connectivity index (χ2n) is 4.11. The van der Waals surface area contributed by atoms with E-state index in [4.69, 9.17) is 14.3 Å². The highest BCUT2D eigenvalue weighted by molar-refractivity contribution is 7.94. The maximum Gasteiger partial charge on any atom is 0.375 e. The molecular formula is C9H15NO7PS2+. The van der Waals surface area contributed by atoms with Gasteiger partial charge in [-0.25, -0.2) is 4.57 Å². The van der Waals surface area contributed by atoms with Crippen LogP contribution in [-0.4, -0.2) is 38.3 Å². The molecule has 0 radical (unpaired) electrons. The van der Waals surface area contributed by atoms with Gasteiger partial charge in [0, 0.05) is 23.8 Å². The summed E-state index contributed by atoms with van der Waals surface area (Å²) in [6, 6.07) is 2.89. The lowest BCUT2D eigenvalue weighted by Gasteiger charge is -2.24. The minimum absolute atomic E-state index is 0.137. The van der Waals surface area contributed by atoms with Gasteiger partial charge in [0.1, 0.15) is 0 Å². The van der Waals surface area contributed by atoms with Crippen molar-refractivity contribution in [2.75, 3.05) is 5.75 Å². The quantitative estimate of drug-likeness (QED) is 0.196. The molecule has 0 saturated heterocycles. The van der Waals surface area contributed by atoms with Gasteiger partial charge >= 0.3 is 17.7 Å². The zero-order chi connectivity index (χ0) is 15.6. The molecule has 1 aromatic heterocycles. The molecule has 0 saturated carbocycles. The SMILES string of the molecule is O=P(O)(O)C(O)(Cc1ccc[n+](CCS)c1)S(=O)(=O)O. The third-order valence-corrected chi connectivity index (χ3v) is 6.23. The van der Waals surface area contributed by atoms with Crippen molar-refractivity contribution >= 4 is 30.3 Å². The Morgan fingerprint density at radius 2 is 2.00 bits per heavy atom. The van der Waals surface area contributed by atoms with E-state index in [-0.39, 0.29) is 5.56 Å². The number of aryl methyl sites for hydroxylation is 1. The lowest BCUT2D eigenvalue weighted by molar-refractivity contribution is -0.692. The molecule has 1 atom stereocenters. The van der Waals surface area contributed by atoms with Crippen molar-refractivity contribution in [3.63, 3.8) is 0 Å². The number of aromatic nitrogens is 1. The van der Waals surface area contributed by atoms with Crippen LogP contribution in [0, 0.1) is 0 Å². The molecule has 0 aliphatic carbocycles. The number of thiol groups is 1. The Kier molecular flexibility index (Phi) is 5.36. The molecule has 8 nitrogen and oxygen atoms in total. The predicted molar refractivity (Wildman–Crippen MR) is 72.7 cm³/mol. The van der Waals surface area contributed by atoms with Crippen molar-refractivity contribution in [1.82, 2.24) is 0 Å². The number of rotatable bonds is 6. The van der Waals surface area contributed by atoms with Crippen LogP contribution in [0.5, 0.6) is 0 Å². The van der Waals surface area contributed by atoms with Gasteiger partial charge in [0.05, 0.1) is 0 Å². The summed E-state index contributed by atoms with van der Waals surface area (Å²) in [6.07, 6.45) is 2.11. The number of hydrogen-bond donors (Lipinski definition) is 5. The minimum Gasteiger partial charge on any atom is -0.363 e. The van der Waals surface area contributed by atoms with Crippen molar-refractivity contribution in [1.29, 1.82) is 0 Å². The Morgan fingerprint density at radius 3 is 2.45 bits per heavy atom. The number of hydrogen-bond acceptors (Lipinski definition) is 5. The van der Waals surface area contributed by atoms with Crippen LogP contribution in [0.25, 0.3) is 0 Å². The second-order valence-corrected chi connectivity index (χ2v) is 8.32. The van der Waals surface area contributed by atoms with Crippen LogP contribution < -0.4 is 4.57 Å². The summed E-state index contributed by atoms with van der Waals surface area (Å²) in [7, 11) is -10.9. The van der Waals surface area contributed by atoms with E-state index >= 15 is 0 Å². The van der Waals surface area contributed by atoms with Crippen LogP contribution in [0.2, 0.25) is 0 Å². The van der Waals surface area contributed by atoms with E-state index in [1.807, 2.05) is 0 Å². The predicted octanol–water partition coefficient (Wildman–Crippen LogP) is -0.842. The number of aliphatic hydroxyl groups is 1. The first-order valence-corrected chi connectivity index (χ1v) is 9.03. The van der Waals surface area contributed by atoms with Crippen molar-refractivity contribution in [3.8, 4) is 0 Å². The maximum atomic E-state index is 11.2. The summed E-state index contributed by atoms with van der Waals surface area (Å²) in [6.45, 7) is 0.483. The van der Waals surface area contributed by atoms with Gasteiger partial charge in [-0.1, -0.05) is 0 Å². The monoisotopic (exact) mass is 344 g/mol. The van der Waals surface area contributed by atoms with Gasteiger partial charge < -0.3 is 14.9 Å². The number of nitrogens with zero attached hydrogens (tertiary/aromatic N) is 1. The summed E-state index contributed by atoms with van der Waals surface area (Å²) >= 11 is 4.01. The molecule has 11 heteroatoms. The average molecular weight is 344 g/mol. The van der Waals surface area contributed by atoms with E-state index in [0.29, 0.717) is 12.3 Å². The number of pyridine rings is 1. The molecule has 114 valence electrons. The van der Waals surface area contributed by atoms with Crippen LogP contribution in [0.3, 0.4) is 0 Å². The standard InChI is InChI=1S/C9H14NO7PS2/c11-9(18(12,13)14,20(15,16)17)6-8-2-1-3-10(7-8)4-5-19/h1-3,7,11H,4-6H2,(H3-,12,13,14,15,16,17,19)/p+1. The van der Waals surface area contributed by atoms with E-state index in [1.165, 1.54) is 18.3 Å². The zero-order valence-corrected chi connectivity index (χ0v) is 12.8. The smallest absolute Gasteiger partial charge is 0.363 e. The van der Waals surface area contributed by atoms with E-state index < -0.39 is 28.8 Å². The summed E-state index contributed by atoms with van der Waals surface area (Å²) in [4.78, 5) is 18.0. The molecular weight excluding hydrogens is 329 g/mol.